The summed E-state index contributed by atoms with van der Waals surface area (Å²) in [6.07, 6.45) is 0.795. The molecular formula is C6H6N2O4. The number of H-pyrrole nitrogens is 1. The Morgan fingerprint density at radius 1 is 1.50 bits per heavy atom. The number of hydrogen-bond acceptors (Lipinski definition) is 3. The van der Waals surface area contributed by atoms with Crippen molar-refractivity contribution in [1.29, 1.82) is 0 Å². The van der Waals surface area contributed by atoms with Gasteiger partial charge >= 0.3 is 11.9 Å². The summed E-state index contributed by atoms with van der Waals surface area (Å²) in [5.74, 6) is -2.32. The van der Waals surface area contributed by atoms with Crippen LogP contribution in [0.4, 0.5) is 0 Å². The van der Waals surface area contributed by atoms with Crippen LogP contribution in [0, 0.1) is 0 Å². The Labute approximate surface area is 66.9 Å². The van der Waals surface area contributed by atoms with Gasteiger partial charge in [-0.25, -0.2) is 9.78 Å². The summed E-state index contributed by atoms with van der Waals surface area (Å²) in [6, 6.07) is 0. The Kier molecular flexibility index (Phi) is 2.09. The van der Waals surface area contributed by atoms with Gasteiger partial charge in [0.1, 0.15) is 0 Å². The fraction of sp³-hybridized carbons (Fsp3) is 0.167. The van der Waals surface area contributed by atoms with E-state index in [1.54, 1.807) is 0 Å². The Hall–Kier alpha value is -1.85. The minimum Gasteiger partial charge on any atom is -0.481 e. The molecule has 12 heavy (non-hydrogen) atoms. The monoisotopic (exact) mass is 170 g/mol. The van der Waals surface area contributed by atoms with E-state index < -0.39 is 11.9 Å². The molecule has 0 aliphatic heterocycles. The number of aromatic amines is 1. The van der Waals surface area contributed by atoms with Crippen molar-refractivity contribution in [3.8, 4) is 0 Å². The second-order valence-electron chi connectivity index (χ2n) is 2.11. The first-order valence-electron chi connectivity index (χ1n) is 3.08. The topological polar surface area (TPSA) is 103 Å². The molecule has 3 N–H and O–H groups in total. The van der Waals surface area contributed by atoms with Gasteiger partial charge in [0.2, 0.25) is 0 Å². The molecule has 0 aromatic carbocycles. The van der Waals surface area contributed by atoms with E-state index in [0.29, 0.717) is 0 Å². The van der Waals surface area contributed by atoms with Gasteiger partial charge in [-0.1, -0.05) is 0 Å². The molecule has 0 radical (unpaired) electrons. The van der Waals surface area contributed by atoms with Gasteiger partial charge in [0.15, 0.2) is 5.69 Å². The largest absolute Gasteiger partial charge is 0.481 e. The smallest absolute Gasteiger partial charge is 0.356 e. The zero-order valence-electron chi connectivity index (χ0n) is 5.94. The number of nitrogens with one attached hydrogen (secondary N) is 1. The van der Waals surface area contributed by atoms with Crippen molar-refractivity contribution in [1.82, 2.24) is 9.97 Å². The Bertz CT molecular complexity index is 317. The highest BCUT2D eigenvalue weighted by Gasteiger charge is 2.14. The third kappa shape index (κ3) is 1.60. The van der Waals surface area contributed by atoms with E-state index in [9.17, 15) is 9.59 Å². The number of rotatable bonds is 3. The molecule has 1 aromatic heterocycles. The molecule has 1 aromatic rings. The highest BCUT2D eigenvalue weighted by Crippen LogP contribution is 2.02. The summed E-state index contributed by atoms with van der Waals surface area (Å²) in [7, 11) is 0. The Balaban J connectivity index is 2.91. The molecule has 0 bridgehead atoms. The van der Waals surface area contributed by atoms with Crippen LogP contribution in [0.3, 0.4) is 0 Å². The van der Waals surface area contributed by atoms with Crippen molar-refractivity contribution in [2.24, 2.45) is 0 Å². The van der Waals surface area contributed by atoms with Crippen molar-refractivity contribution >= 4 is 11.9 Å². The van der Waals surface area contributed by atoms with Gasteiger partial charge in [-0.05, 0) is 0 Å². The SMILES string of the molecule is O=C(O)Cc1[nH]cnc1C(=O)O. The molecule has 6 heteroatoms. The van der Waals surface area contributed by atoms with Gasteiger partial charge in [0.25, 0.3) is 0 Å². The van der Waals surface area contributed by atoms with Crippen LogP contribution in [-0.2, 0) is 11.2 Å². The molecule has 1 heterocycles. The van der Waals surface area contributed by atoms with E-state index in [-0.39, 0.29) is 17.8 Å². The average molecular weight is 170 g/mol. The fourth-order valence-corrected chi connectivity index (χ4v) is 0.791. The average Bonchev–Trinajstić information content (AvgIpc) is 2.33. The van der Waals surface area contributed by atoms with Crippen LogP contribution in [0.2, 0.25) is 0 Å². The quantitative estimate of drug-likeness (QED) is 0.579. The van der Waals surface area contributed by atoms with Gasteiger partial charge in [-0.15, -0.1) is 0 Å². The normalized spacial score (nSPS) is 9.67. The van der Waals surface area contributed by atoms with E-state index in [4.69, 9.17) is 10.2 Å². The highest BCUT2D eigenvalue weighted by atomic mass is 16.4. The van der Waals surface area contributed by atoms with Gasteiger partial charge in [-0.3, -0.25) is 4.79 Å². The first kappa shape index (κ1) is 8.25. The van der Waals surface area contributed by atoms with Crippen molar-refractivity contribution in [2.45, 2.75) is 6.42 Å². The minimum atomic E-state index is -1.23. The highest BCUT2D eigenvalue weighted by molar-refractivity contribution is 5.88. The number of aliphatic carboxylic acids is 1. The van der Waals surface area contributed by atoms with E-state index in [1.165, 1.54) is 0 Å². The first-order valence-corrected chi connectivity index (χ1v) is 3.08. The fourth-order valence-electron chi connectivity index (χ4n) is 0.791. The molecule has 0 saturated carbocycles. The maximum absolute atomic E-state index is 10.4. The van der Waals surface area contributed by atoms with Crippen molar-refractivity contribution in [3.63, 3.8) is 0 Å². The lowest BCUT2D eigenvalue weighted by atomic mass is 10.2. The maximum Gasteiger partial charge on any atom is 0.356 e. The van der Waals surface area contributed by atoms with Gasteiger partial charge in [0, 0.05) is 0 Å². The summed E-state index contributed by atoms with van der Waals surface area (Å²) in [5.41, 5.74) is -0.132. The van der Waals surface area contributed by atoms with Crippen LogP contribution in [0.5, 0.6) is 0 Å². The number of aromatic nitrogens is 2. The van der Waals surface area contributed by atoms with E-state index >= 15 is 0 Å². The van der Waals surface area contributed by atoms with E-state index in [0.717, 1.165) is 6.33 Å². The van der Waals surface area contributed by atoms with Crippen molar-refractivity contribution < 1.29 is 19.8 Å². The number of nitrogens with zero attached hydrogens (tertiary/aromatic N) is 1. The van der Waals surface area contributed by atoms with Gasteiger partial charge < -0.3 is 15.2 Å². The lowest BCUT2D eigenvalue weighted by molar-refractivity contribution is -0.136. The molecule has 0 unspecified atom stereocenters. The molecular weight excluding hydrogens is 164 g/mol. The maximum atomic E-state index is 10.4. The molecule has 1 rings (SSSR count). The molecule has 6 nitrogen and oxygen atoms in total. The summed E-state index contributed by atoms with van der Waals surface area (Å²) < 4.78 is 0. The third-order valence-corrected chi connectivity index (χ3v) is 1.25. The minimum absolute atomic E-state index is 0.106. The third-order valence-electron chi connectivity index (χ3n) is 1.25. The molecule has 0 atom stereocenters. The number of hydrogen-bond donors (Lipinski definition) is 3. The van der Waals surface area contributed by atoms with Crippen molar-refractivity contribution in [3.05, 3.63) is 17.7 Å². The van der Waals surface area contributed by atoms with Crippen LogP contribution in [0.25, 0.3) is 0 Å². The molecule has 0 amide bonds. The number of carboxylic acid groups (broad SMARTS) is 2. The lowest BCUT2D eigenvalue weighted by Crippen LogP contribution is -2.07. The zero-order chi connectivity index (χ0) is 9.14. The molecule has 0 spiro atoms. The number of carbonyl (C=O) groups is 2. The Morgan fingerprint density at radius 2 is 2.17 bits per heavy atom. The van der Waals surface area contributed by atoms with Crippen LogP contribution in [0.1, 0.15) is 16.2 Å². The van der Waals surface area contributed by atoms with Gasteiger partial charge in [0.05, 0.1) is 18.4 Å². The number of imidazole rings is 1. The summed E-state index contributed by atoms with van der Waals surface area (Å²) in [6.45, 7) is 0. The lowest BCUT2D eigenvalue weighted by Gasteiger charge is -1.92. The van der Waals surface area contributed by atoms with Crippen molar-refractivity contribution in [2.75, 3.05) is 0 Å². The molecule has 0 fully saturated rings. The Morgan fingerprint density at radius 3 is 2.67 bits per heavy atom. The standard InChI is InChI=1S/C6H6N2O4/c9-4(10)1-3-5(6(11)12)8-2-7-3/h2H,1H2,(H,7,8)(H,9,10)(H,11,12). The predicted octanol–water partition coefficient (Wildman–Crippen LogP) is -0.265. The van der Waals surface area contributed by atoms with Gasteiger partial charge in [-0.2, -0.15) is 0 Å². The van der Waals surface area contributed by atoms with Crippen LogP contribution in [0.15, 0.2) is 6.33 Å². The number of aromatic carboxylic acids is 1. The summed E-state index contributed by atoms with van der Waals surface area (Å²) in [5, 5.41) is 16.8. The zero-order valence-corrected chi connectivity index (χ0v) is 5.94. The van der Waals surface area contributed by atoms with E-state index in [2.05, 4.69) is 9.97 Å². The second-order valence-corrected chi connectivity index (χ2v) is 2.11. The van der Waals surface area contributed by atoms with E-state index in [1.807, 2.05) is 0 Å². The van der Waals surface area contributed by atoms with Crippen LogP contribution in [-0.4, -0.2) is 32.1 Å². The van der Waals surface area contributed by atoms with Crippen LogP contribution < -0.4 is 0 Å². The number of carboxylic acids is 2. The molecule has 0 aliphatic carbocycles. The summed E-state index contributed by atoms with van der Waals surface area (Å²) in [4.78, 5) is 26.5. The summed E-state index contributed by atoms with van der Waals surface area (Å²) >= 11 is 0. The van der Waals surface area contributed by atoms with Crippen LogP contribution >= 0.6 is 0 Å². The second kappa shape index (κ2) is 3.04. The first-order chi connectivity index (χ1) is 5.61. The predicted molar refractivity (Wildman–Crippen MR) is 36.9 cm³/mol. The molecule has 0 saturated heterocycles. The molecule has 0 aliphatic rings. The molecule has 64 valence electrons.